The Bertz CT molecular complexity index is 417. The van der Waals surface area contributed by atoms with E-state index in [0.717, 1.165) is 23.0 Å². The molecule has 0 aromatic heterocycles. The van der Waals surface area contributed by atoms with Gasteiger partial charge in [-0.05, 0) is 41.8 Å². The quantitative estimate of drug-likeness (QED) is 0.653. The molecule has 4 nitrogen and oxygen atoms in total. The summed E-state index contributed by atoms with van der Waals surface area (Å²) < 4.78 is 0.868. The first-order chi connectivity index (χ1) is 7.99. The van der Waals surface area contributed by atoms with Crippen LogP contribution in [0.2, 0.25) is 0 Å². The van der Waals surface area contributed by atoms with Crippen LogP contribution in [0.4, 0.5) is 11.4 Å². The minimum atomic E-state index is -0.347. The van der Waals surface area contributed by atoms with Crippen LogP contribution in [0, 0.1) is 17.0 Å². The molecule has 0 aliphatic rings. The van der Waals surface area contributed by atoms with Crippen LogP contribution in [0.5, 0.6) is 0 Å². The summed E-state index contributed by atoms with van der Waals surface area (Å²) in [5.41, 5.74) is 1.61. The van der Waals surface area contributed by atoms with Crippen molar-refractivity contribution < 1.29 is 4.92 Å². The second kappa shape index (κ2) is 6.00. The van der Waals surface area contributed by atoms with Gasteiger partial charge in [0.2, 0.25) is 0 Å². The van der Waals surface area contributed by atoms with Gasteiger partial charge in [-0.3, -0.25) is 10.1 Å². The molecule has 0 aliphatic heterocycles. The number of nitrogens with zero attached hydrogens (tertiary/aromatic N) is 1. The van der Waals surface area contributed by atoms with Gasteiger partial charge in [0.1, 0.15) is 0 Å². The fourth-order valence-electron chi connectivity index (χ4n) is 1.68. The van der Waals surface area contributed by atoms with Gasteiger partial charge >= 0.3 is 0 Å². The number of nitro groups is 1. The number of nitro benzene ring substituents is 1. The first kappa shape index (κ1) is 14.0. The summed E-state index contributed by atoms with van der Waals surface area (Å²) in [5.74, 6) is 0. The zero-order valence-electron chi connectivity index (χ0n) is 10.3. The van der Waals surface area contributed by atoms with E-state index < -0.39 is 0 Å². The third-order valence-electron chi connectivity index (χ3n) is 2.83. The van der Waals surface area contributed by atoms with Gasteiger partial charge in [-0.15, -0.1) is 0 Å². The summed E-state index contributed by atoms with van der Waals surface area (Å²) in [6.45, 7) is 5.93. The fourth-order valence-corrected chi connectivity index (χ4v) is 2.25. The van der Waals surface area contributed by atoms with E-state index in [1.54, 1.807) is 19.1 Å². The number of aryl methyl sites for hydroxylation is 1. The number of benzene rings is 1. The highest BCUT2D eigenvalue weighted by atomic mass is 79.9. The normalized spacial score (nSPS) is 10.6. The topological polar surface area (TPSA) is 55.2 Å². The second-order valence-corrected chi connectivity index (χ2v) is 4.89. The van der Waals surface area contributed by atoms with Crippen LogP contribution >= 0.6 is 15.9 Å². The van der Waals surface area contributed by atoms with E-state index in [1.165, 1.54) is 0 Å². The number of halogens is 1. The Morgan fingerprint density at radius 2 is 2.00 bits per heavy atom. The minimum Gasteiger partial charge on any atom is -0.381 e. The van der Waals surface area contributed by atoms with Gasteiger partial charge in [0.05, 0.1) is 10.6 Å². The molecule has 0 spiro atoms. The van der Waals surface area contributed by atoms with E-state index in [-0.39, 0.29) is 10.6 Å². The maximum Gasteiger partial charge on any atom is 0.274 e. The van der Waals surface area contributed by atoms with Gasteiger partial charge in [0.25, 0.3) is 5.69 Å². The Kier molecular flexibility index (Phi) is 4.93. The smallest absolute Gasteiger partial charge is 0.274 e. The third-order valence-corrected chi connectivity index (χ3v) is 3.48. The first-order valence-electron chi connectivity index (χ1n) is 5.70. The number of nitrogens with one attached hydrogen (secondary N) is 1. The van der Waals surface area contributed by atoms with Gasteiger partial charge in [-0.2, -0.15) is 0 Å². The van der Waals surface area contributed by atoms with Crippen molar-refractivity contribution in [3.8, 4) is 0 Å². The van der Waals surface area contributed by atoms with Crippen LogP contribution in [0.1, 0.15) is 32.3 Å². The number of rotatable bonds is 5. The van der Waals surface area contributed by atoms with Gasteiger partial charge in [-0.25, -0.2) is 0 Å². The average molecular weight is 301 g/mol. The zero-order chi connectivity index (χ0) is 13.0. The van der Waals surface area contributed by atoms with E-state index in [9.17, 15) is 10.1 Å². The fraction of sp³-hybridized carbons (Fsp3) is 0.500. The largest absolute Gasteiger partial charge is 0.381 e. The molecule has 0 unspecified atom stereocenters. The standard InChI is InChI=1S/C12H17BrN2O2/c1-4-9(5-2)14-11-7-12(15(16)17)8(3)6-10(11)13/h6-7,9,14H,4-5H2,1-3H3. The van der Waals surface area contributed by atoms with Crippen LogP contribution in [-0.4, -0.2) is 11.0 Å². The second-order valence-electron chi connectivity index (χ2n) is 4.03. The third kappa shape index (κ3) is 3.43. The molecular formula is C12H17BrN2O2. The lowest BCUT2D eigenvalue weighted by molar-refractivity contribution is -0.385. The Hall–Kier alpha value is -1.10. The molecule has 17 heavy (non-hydrogen) atoms. The van der Waals surface area contributed by atoms with Crippen molar-refractivity contribution in [1.29, 1.82) is 0 Å². The van der Waals surface area contributed by atoms with Crippen LogP contribution in [0.3, 0.4) is 0 Å². The van der Waals surface area contributed by atoms with Crippen molar-refractivity contribution in [1.82, 2.24) is 0 Å². The monoisotopic (exact) mass is 300 g/mol. The van der Waals surface area contributed by atoms with Crippen molar-refractivity contribution in [2.45, 2.75) is 39.7 Å². The molecule has 1 aromatic rings. The maximum atomic E-state index is 10.9. The van der Waals surface area contributed by atoms with E-state index in [0.29, 0.717) is 11.6 Å². The molecule has 0 aliphatic carbocycles. The van der Waals surface area contributed by atoms with Crippen molar-refractivity contribution in [3.63, 3.8) is 0 Å². The van der Waals surface area contributed by atoms with E-state index in [2.05, 4.69) is 35.1 Å². The first-order valence-corrected chi connectivity index (χ1v) is 6.49. The average Bonchev–Trinajstić information content (AvgIpc) is 2.27. The van der Waals surface area contributed by atoms with Crippen LogP contribution in [0.15, 0.2) is 16.6 Å². The molecule has 0 saturated carbocycles. The molecule has 94 valence electrons. The molecule has 1 aromatic carbocycles. The highest BCUT2D eigenvalue weighted by Gasteiger charge is 2.15. The molecule has 5 heteroatoms. The van der Waals surface area contributed by atoms with Crippen LogP contribution in [0.25, 0.3) is 0 Å². The summed E-state index contributed by atoms with van der Waals surface area (Å²) in [7, 11) is 0. The van der Waals surface area contributed by atoms with E-state index >= 15 is 0 Å². The van der Waals surface area contributed by atoms with Gasteiger partial charge in [-0.1, -0.05) is 13.8 Å². The molecule has 0 saturated heterocycles. The molecule has 0 radical (unpaired) electrons. The SMILES string of the molecule is CCC(CC)Nc1cc([N+](=O)[O-])c(C)cc1Br. The highest BCUT2D eigenvalue weighted by Crippen LogP contribution is 2.31. The lowest BCUT2D eigenvalue weighted by Gasteiger charge is -2.17. The van der Waals surface area contributed by atoms with Crippen molar-refractivity contribution >= 4 is 27.3 Å². The molecular weight excluding hydrogens is 284 g/mol. The Balaban J connectivity index is 3.07. The lowest BCUT2D eigenvalue weighted by Crippen LogP contribution is -2.17. The summed E-state index contributed by atoms with van der Waals surface area (Å²) in [6.07, 6.45) is 1.98. The predicted molar refractivity (Wildman–Crippen MR) is 73.5 cm³/mol. The molecule has 0 fully saturated rings. The number of anilines is 1. The number of hydrogen-bond acceptors (Lipinski definition) is 3. The maximum absolute atomic E-state index is 10.9. The lowest BCUT2D eigenvalue weighted by atomic mass is 10.1. The molecule has 0 amide bonds. The Morgan fingerprint density at radius 1 is 1.41 bits per heavy atom. The van der Waals surface area contributed by atoms with Crippen molar-refractivity contribution in [2.75, 3.05) is 5.32 Å². The van der Waals surface area contributed by atoms with Gasteiger partial charge in [0.15, 0.2) is 0 Å². The Morgan fingerprint density at radius 3 is 2.47 bits per heavy atom. The summed E-state index contributed by atoms with van der Waals surface area (Å²) in [6, 6.07) is 3.72. The molecule has 0 heterocycles. The van der Waals surface area contributed by atoms with Crippen molar-refractivity contribution in [2.24, 2.45) is 0 Å². The van der Waals surface area contributed by atoms with Gasteiger partial charge in [0, 0.05) is 22.1 Å². The van der Waals surface area contributed by atoms with Crippen molar-refractivity contribution in [3.05, 3.63) is 32.3 Å². The number of hydrogen-bond donors (Lipinski definition) is 1. The van der Waals surface area contributed by atoms with E-state index in [1.807, 2.05) is 0 Å². The summed E-state index contributed by atoms with van der Waals surface area (Å²) in [4.78, 5) is 10.5. The molecule has 0 bridgehead atoms. The minimum absolute atomic E-state index is 0.154. The van der Waals surface area contributed by atoms with Crippen LogP contribution in [-0.2, 0) is 0 Å². The van der Waals surface area contributed by atoms with Gasteiger partial charge < -0.3 is 5.32 Å². The molecule has 1 N–H and O–H groups in total. The summed E-state index contributed by atoms with van der Waals surface area (Å²) >= 11 is 3.43. The van der Waals surface area contributed by atoms with E-state index in [4.69, 9.17) is 0 Å². The molecule has 1 rings (SSSR count). The predicted octanol–water partition coefficient (Wildman–Crippen LogP) is 4.27. The highest BCUT2D eigenvalue weighted by molar-refractivity contribution is 9.10. The Labute approximate surface area is 110 Å². The zero-order valence-corrected chi connectivity index (χ0v) is 11.9. The molecule has 0 atom stereocenters. The summed E-state index contributed by atoms with van der Waals surface area (Å²) in [5, 5.41) is 14.2. The van der Waals surface area contributed by atoms with Crippen LogP contribution < -0.4 is 5.32 Å².